The van der Waals surface area contributed by atoms with Gasteiger partial charge in [0.1, 0.15) is 0 Å². The summed E-state index contributed by atoms with van der Waals surface area (Å²) in [6.45, 7) is 18.5. The van der Waals surface area contributed by atoms with Crippen molar-refractivity contribution in [1.82, 2.24) is 0 Å². The molecule has 0 radical (unpaired) electrons. The summed E-state index contributed by atoms with van der Waals surface area (Å²) < 4.78 is 1.26. The Hall–Kier alpha value is -2.18. The number of rotatable bonds is 8. The molecular weight excluding hydrogens is 691 g/mol. The van der Waals surface area contributed by atoms with Crippen molar-refractivity contribution in [2.24, 2.45) is 0 Å². The van der Waals surface area contributed by atoms with Gasteiger partial charge in [-0.1, -0.05) is 0 Å². The SMILES string of the molecule is CCCC1=Cc2c(-c3ccc(C(C)(C)C)cc3)cccc2[CH]1[Zr+2][CH]1C(CCC)=Cc2c(-c3ccc(C(C)(C)C)cc3)cccc21.[Cl-].[Cl-]. The molecule has 0 aliphatic heterocycles. The Balaban J connectivity index is 0.00000250. The van der Waals surface area contributed by atoms with Gasteiger partial charge in [-0.3, -0.25) is 0 Å². The molecule has 0 spiro atoms. The van der Waals surface area contributed by atoms with Gasteiger partial charge in [0.05, 0.1) is 0 Å². The topological polar surface area (TPSA) is 0 Å². The van der Waals surface area contributed by atoms with E-state index in [0.29, 0.717) is 7.25 Å². The minimum atomic E-state index is -0.952. The normalized spacial score (nSPS) is 16.7. The molecule has 4 aromatic carbocycles. The summed E-state index contributed by atoms with van der Waals surface area (Å²) >= 11 is -0.952. The summed E-state index contributed by atoms with van der Waals surface area (Å²) in [5.41, 5.74) is 18.2. The van der Waals surface area contributed by atoms with E-state index in [1.807, 2.05) is 0 Å². The summed E-state index contributed by atoms with van der Waals surface area (Å²) in [7, 11) is 0. The summed E-state index contributed by atoms with van der Waals surface area (Å²) in [4.78, 5) is 0. The maximum absolute atomic E-state index is 2.60. The average Bonchev–Trinajstić information content (AvgIpc) is 3.54. The van der Waals surface area contributed by atoms with Gasteiger partial charge in [-0.2, -0.15) is 0 Å². The van der Waals surface area contributed by atoms with Crippen LogP contribution in [-0.4, -0.2) is 0 Å². The van der Waals surface area contributed by atoms with E-state index in [-0.39, 0.29) is 35.6 Å². The molecule has 0 aromatic heterocycles. The third kappa shape index (κ3) is 7.69. The third-order valence-corrected chi connectivity index (χ3v) is 14.8. The largest absolute Gasteiger partial charge is 1.00 e. The Morgan fingerprint density at radius 2 is 0.872 bits per heavy atom. The van der Waals surface area contributed by atoms with E-state index in [0.717, 1.165) is 0 Å². The quantitative estimate of drug-likeness (QED) is 0.185. The van der Waals surface area contributed by atoms with E-state index in [4.69, 9.17) is 0 Å². The summed E-state index contributed by atoms with van der Waals surface area (Å²) in [5, 5.41) is 0. The van der Waals surface area contributed by atoms with Crippen molar-refractivity contribution in [3.8, 4) is 22.3 Å². The van der Waals surface area contributed by atoms with Gasteiger partial charge in [0.2, 0.25) is 0 Å². The molecule has 0 heterocycles. The first-order valence-electron chi connectivity index (χ1n) is 17.1. The van der Waals surface area contributed by atoms with Crippen LogP contribution in [0.5, 0.6) is 0 Å². The van der Waals surface area contributed by atoms with Crippen LogP contribution < -0.4 is 24.8 Å². The maximum Gasteiger partial charge on any atom is -1.00 e. The zero-order valence-corrected chi connectivity index (χ0v) is 33.4. The first kappa shape index (κ1) is 37.6. The van der Waals surface area contributed by atoms with E-state index in [1.165, 1.54) is 70.2 Å². The van der Waals surface area contributed by atoms with Gasteiger partial charge in [-0.25, -0.2) is 0 Å². The Morgan fingerprint density at radius 1 is 0.511 bits per heavy atom. The Kier molecular flexibility index (Phi) is 12.1. The fourth-order valence-corrected chi connectivity index (χ4v) is 12.4. The minimum Gasteiger partial charge on any atom is -1.00 e. The summed E-state index contributed by atoms with van der Waals surface area (Å²) in [6, 6.07) is 33.0. The molecule has 2 unspecified atom stereocenters. The number of fused-ring (bicyclic) bond motifs is 2. The van der Waals surface area contributed by atoms with Crippen molar-refractivity contribution in [1.29, 1.82) is 0 Å². The van der Waals surface area contributed by atoms with Crippen molar-refractivity contribution < 1.29 is 48.0 Å². The monoisotopic (exact) mass is 738 g/mol. The molecular formula is C44H50Cl2Zr. The molecule has 0 bridgehead atoms. The molecule has 0 fully saturated rings. The molecule has 4 aromatic rings. The van der Waals surface area contributed by atoms with Gasteiger partial charge in [-0.05, 0) is 0 Å². The molecule has 0 nitrogen and oxygen atoms in total. The Bertz CT molecular complexity index is 1610. The van der Waals surface area contributed by atoms with Gasteiger partial charge < -0.3 is 24.8 Å². The molecule has 2 aliphatic rings. The van der Waals surface area contributed by atoms with Crippen molar-refractivity contribution in [3.63, 3.8) is 0 Å². The van der Waals surface area contributed by atoms with Crippen molar-refractivity contribution in [2.75, 3.05) is 0 Å². The standard InChI is InChI=1S/2C22H25.2ClH.Zr/c2*1-5-7-16-14-18-8-6-9-20(21(18)15-16)17-10-12-19(13-11-17)22(2,3)4;;;/h2*6,8-15H,5,7H2,1-4H3;2*1H;/q;;;;+2/p-2. The summed E-state index contributed by atoms with van der Waals surface area (Å²) in [5.74, 6) is 0. The van der Waals surface area contributed by atoms with Gasteiger partial charge in [0.25, 0.3) is 0 Å². The van der Waals surface area contributed by atoms with Crippen LogP contribution >= 0.6 is 0 Å². The Morgan fingerprint density at radius 3 is 1.19 bits per heavy atom. The second-order valence-electron chi connectivity index (χ2n) is 15.2. The molecule has 2 aliphatic carbocycles. The second kappa shape index (κ2) is 15.2. The molecule has 0 saturated heterocycles. The number of allylic oxidation sites excluding steroid dienone is 2. The maximum atomic E-state index is 2.60. The fourth-order valence-electron chi connectivity index (χ4n) is 7.30. The van der Waals surface area contributed by atoms with Crippen molar-refractivity contribution in [2.45, 2.75) is 99.2 Å². The number of halogens is 2. The fraction of sp³-hybridized carbons (Fsp3) is 0.364. The second-order valence-corrected chi connectivity index (χ2v) is 18.9. The minimum absolute atomic E-state index is 0. The molecule has 244 valence electrons. The van der Waals surface area contributed by atoms with Crippen molar-refractivity contribution in [3.05, 3.63) is 129 Å². The van der Waals surface area contributed by atoms with Crippen LogP contribution in [0.25, 0.3) is 34.4 Å². The molecule has 0 saturated carbocycles. The molecule has 0 N–H and O–H groups in total. The van der Waals surface area contributed by atoms with Crippen LogP contribution in [-0.2, 0) is 34.1 Å². The van der Waals surface area contributed by atoms with Gasteiger partial charge in [0.15, 0.2) is 0 Å². The van der Waals surface area contributed by atoms with E-state index >= 15 is 0 Å². The van der Waals surface area contributed by atoms with Gasteiger partial charge in [0, 0.05) is 0 Å². The molecule has 3 heteroatoms. The average molecular weight is 741 g/mol. The Labute approximate surface area is 309 Å². The van der Waals surface area contributed by atoms with Gasteiger partial charge in [-0.15, -0.1) is 0 Å². The zero-order chi connectivity index (χ0) is 31.9. The smallest absolute Gasteiger partial charge is 1.00 e. The molecule has 2 atom stereocenters. The molecule has 0 amide bonds. The zero-order valence-electron chi connectivity index (χ0n) is 29.5. The van der Waals surface area contributed by atoms with E-state index < -0.39 is 23.2 Å². The van der Waals surface area contributed by atoms with Crippen LogP contribution in [0.3, 0.4) is 0 Å². The van der Waals surface area contributed by atoms with E-state index in [2.05, 4.69) is 152 Å². The number of hydrogen-bond acceptors (Lipinski definition) is 0. The van der Waals surface area contributed by atoms with E-state index in [9.17, 15) is 0 Å². The first-order chi connectivity index (χ1) is 21.5. The molecule has 6 rings (SSSR count). The van der Waals surface area contributed by atoms with E-state index in [1.54, 1.807) is 22.3 Å². The van der Waals surface area contributed by atoms with Crippen LogP contribution in [0.15, 0.2) is 96.1 Å². The van der Waals surface area contributed by atoms with Crippen LogP contribution in [0.1, 0.15) is 122 Å². The van der Waals surface area contributed by atoms with Gasteiger partial charge >= 0.3 is 286 Å². The van der Waals surface area contributed by atoms with Crippen molar-refractivity contribution >= 4 is 12.2 Å². The number of benzene rings is 4. The number of hydrogen-bond donors (Lipinski definition) is 0. The van der Waals surface area contributed by atoms with Crippen LogP contribution in [0.2, 0.25) is 0 Å². The first-order valence-corrected chi connectivity index (χ1v) is 20.0. The van der Waals surface area contributed by atoms with Crippen LogP contribution in [0, 0.1) is 0 Å². The predicted molar refractivity (Wildman–Crippen MR) is 192 cm³/mol. The summed E-state index contributed by atoms with van der Waals surface area (Å²) in [6.07, 6.45) is 10.0. The molecule has 47 heavy (non-hydrogen) atoms. The van der Waals surface area contributed by atoms with Crippen LogP contribution in [0.4, 0.5) is 0 Å². The predicted octanol–water partition coefficient (Wildman–Crippen LogP) is 6.88. The third-order valence-electron chi connectivity index (χ3n) is 9.84.